The number of fused-ring (bicyclic) bond motifs is 1. The molecule has 2 aromatic heterocycles. The third-order valence-electron chi connectivity index (χ3n) is 3.84. The van der Waals surface area contributed by atoms with Gasteiger partial charge in [-0.2, -0.15) is 4.98 Å². The van der Waals surface area contributed by atoms with Crippen LogP contribution in [0.1, 0.15) is 25.1 Å². The second kappa shape index (κ2) is 5.63. The lowest BCUT2D eigenvalue weighted by Gasteiger charge is -2.33. The van der Waals surface area contributed by atoms with Gasteiger partial charge >= 0.3 is 0 Å². The Labute approximate surface area is 127 Å². The molecule has 0 spiro atoms. The Balaban J connectivity index is 2.16. The molecule has 2 aromatic rings. The van der Waals surface area contributed by atoms with Gasteiger partial charge < -0.3 is 9.47 Å². The Morgan fingerprint density at radius 2 is 2.29 bits per heavy atom. The summed E-state index contributed by atoms with van der Waals surface area (Å²) in [5, 5.41) is 1.00. The van der Waals surface area contributed by atoms with Crippen molar-refractivity contribution in [2.24, 2.45) is 0 Å². The average Bonchev–Trinajstić information content (AvgIpc) is 2.77. The molecular formula is C15H16ClFN4. The van der Waals surface area contributed by atoms with Crippen molar-refractivity contribution in [2.45, 2.75) is 25.6 Å². The zero-order chi connectivity index (χ0) is 15.0. The van der Waals surface area contributed by atoms with E-state index in [2.05, 4.69) is 21.8 Å². The normalized spacial score (nSPS) is 23.0. The van der Waals surface area contributed by atoms with Gasteiger partial charge in [-0.25, -0.2) is 9.37 Å². The highest BCUT2D eigenvalue weighted by Crippen LogP contribution is 2.31. The number of nitrogens with zero attached hydrogens (tertiary/aromatic N) is 4. The topological polar surface area (TPSA) is 34.0 Å². The molecule has 0 aromatic carbocycles. The summed E-state index contributed by atoms with van der Waals surface area (Å²) >= 11 is 5.90. The van der Waals surface area contributed by atoms with Crippen LogP contribution in [-0.4, -0.2) is 45.7 Å². The van der Waals surface area contributed by atoms with Crippen LogP contribution in [-0.2, 0) is 0 Å². The van der Waals surface area contributed by atoms with Crippen LogP contribution in [0.15, 0.2) is 12.3 Å². The quantitative estimate of drug-likeness (QED) is 0.600. The molecule has 1 fully saturated rings. The van der Waals surface area contributed by atoms with Crippen molar-refractivity contribution in [2.75, 3.05) is 20.1 Å². The molecule has 0 unspecified atom stereocenters. The molecule has 0 amide bonds. The first-order chi connectivity index (χ1) is 10.1. The van der Waals surface area contributed by atoms with E-state index in [-0.39, 0.29) is 11.3 Å². The van der Waals surface area contributed by atoms with E-state index in [1.165, 1.54) is 0 Å². The summed E-state index contributed by atoms with van der Waals surface area (Å²) in [6.07, 6.45) is 1.43. The van der Waals surface area contributed by atoms with Gasteiger partial charge in [-0.05, 0) is 44.0 Å². The fraction of sp³-hybridized carbons (Fsp3) is 0.467. The number of hydrogen-bond acceptors (Lipinski definition) is 3. The Bertz CT molecular complexity index is 730. The molecule has 1 aliphatic rings. The fourth-order valence-electron chi connectivity index (χ4n) is 2.88. The van der Waals surface area contributed by atoms with Crippen molar-refractivity contribution >= 4 is 22.6 Å². The Morgan fingerprint density at radius 1 is 1.48 bits per heavy atom. The van der Waals surface area contributed by atoms with Gasteiger partial charge in [0.25, 0.3) is 0 Å². The van der Waals surface area contributed by atoms with E-state index in [9.17, 15) is 4.39 Å². The minimum Gasteiger partial charge on any atom is -0.312 e. The van der Waals surface area contributed by atoms with Gasteiger partial charge in [-0.1, -0.05) is 5.92 Å². The first-order valence-corrected chi connectivity index (χ1v) is 7.27. The first kappa shape index (κ1) is 14.3. The number of halogens is 2. The first-order valence-electron chi connectivity index (χ1n) is 6.89. The molecule has 1 saturated heterocycles. The summed E-state index contributed by atoms with van der Waals surface area (Å²) in [4.78, 5) is 10.3. The van der Waals surface area contributed by atoms with Gasteiger partial charge in [-0.3, -0.25) is 0 Å². The molecule has 0 bridgehead atoms. The van der Waals surface area contributed by atoms with Crippen molar-refractivity contribution in [3.8, 4) is 11.8 Å². The van der Waals surface area contributed by atoms with Crippen LogP contribution in [0.2, 0.25) is 5.28 Å². The van der Waals surface area contributed by atoms with Gasteiger partial charge in [0.15, 0.2) is 0 Å². The maximum Gasteiger partial charge on any atom is 0.224 e. The van der Waals surface area contributed by atoms with Gasteiger partial charge in [0.05, 0.1) is 11.7 Å². The average molecular weight is 307 g/mol. The highest BCUT2D eigenvalue weighted by atomic mass is 35.5. The Morgan fingerprint density at radius 3 is 3.00 bits per heavy atom. The van der Waals surface area contributed by atoms with Crippen LogP contribution in [0.3, 0.4) is 0 Å². The molecule has 3 heterocycles. The highest BCUT2D eigenvalue weighted by Gasteiger charge is 2.31. The van der Waals surface area contributed by atoms with E-state index in [4.69, 9.17) is 11.6 Å². The van der Waals surface area contributed by atoms with Gasteiger partial charge in [0.2, 0.25) is 5.28 Å². The van der Waals surface area contributed by atoms with Gasteiger partial charge in [0.1, 0.15) is 11.8 Å². The number of hydrogen-bond donors (Lipinski definition) is 0. The van der Waals surface area contributed by atoms with Crippen LogP contribution in [0, 0.1) is 11.8 Å². The Kier molecular flexibility index (Phi) is 3.83. The fourth-order valence-corrected chi connectivity index (χ4v) is 3.01. The van der Waals surface area contributed by atoms with Gasteiger partial charge in [0, 0.05) is 24.7 Å². The molecule has 0 saturated carbocycles. The number of alkyl halides is 1. The molecule has 0 aliphatic carbocycles. The molecule has 0 N–H and O–H groups in total. The molecule has 2 atom stereocenters. The second-order valence-electron chi connectivity index (χ2n) is 5.33. The molecule has 4 nitrogen and oxygen atoms in total. The third kappa shape index (κ3) is 2.61. The summed E-state index contributed by atoms with van der Waals surface area (Å²) in [7, 11) is 1.93. The maximum atomic E-state index is 14.5. The highest BCUT2D eigenvalue weighted by molar-refractivity contribution is 6.28. The molecule has 0 radical (unpaired) electrons. The summed E-state index contributed by atoms with van der Waals surface area (Å²) in [6.45, 7) is 3.03. The lowest BCUT2D eigenvalue weighted by molar-refractivity contribution is 0.109. The van der Waals surface area contributed by atoms with Crippen LogP contribution >= 0.6 is 11.6 Å². The molecule has 110 valence electrons. The SMILES string of the molecule is CC#Cc1cc2cnc(Cl)nc2n1[C@@H]1CCN(C)C[C@@H]1F. The predicted octanol–water partition coefficient (Wildman–Crippen LogP) is 2.67. The van der Waals surface area contributed by atoms with Crippen molar-refractivity contribution in [3.63, 3.8) is 0 Å². The van der Waals surface area contributed by atoms with Crippen LogP contribution in [0.4, 0.5) is 4.39 Å². The van der Waals surface area contributed by atoms with E-state index in [0.29, 0.717) is 12.2 Å². The van der Waals surface area contributed by atoms with E-state index >= 15 is 0 Å². The monoisotopic (exact) mass is 306 g/mol. The smallest absolute Gasteiger partial charge is 0.224 e. The van der Waals surface area contributed by atoms with Crippen LogP contribution in [0.5, 0.6) is 0 Å². The Hall–Kier alpha value is -1.64. The minimum atomic E-state index is -0.953. The minimum absolute atomic E-state index is 0.168. The van der Waals surface area contributed by atoms with Crippen molar-refractivity contribution in [1.82, 2.24) is 19.4 Å². The van der Waals surface area contributed by atoms with Crippen LogP contribution < -0.4 is 0 Å². The maximum absolute atomic E-state index is 14.5. The van der Waals surface area contributed by atoms with E-state index < -0.39 is 6.17 Å². The van der Waals surface area contributed by atoms with Crippen LogP contribution in [0.25, 0.3) is 11.0 Å². The molecule has 21 heavy (non-hydrogen) atoms. The van der Waals surface area contributed by atoms with E-state index in [1.807, 2.05) is 22.6 Å². The second-order valence-corrected chi connectivity index (χ2v) is 5.66. The molecule has 3 rings (SSSR count). The van der Waals surface area contributed by atoms with E-state index in [1.54, 1.807) is 13.1 Å². The molecule has 1 aliphatic heterocycles. The summed E-state index contributed by atoms with van der Waals surface area (Å²) < 4.78 is 16.4. The van der Waals surface area contributed by atoms with Gasteiger partial charge in [-0.15, -0.1) is 0 Å². The summed E-state index contributed by atoms with van der Waals surface area (Å²) in [6, 6.07) is 1.63. The lowest BCUT2D eigenvalue weighted by atomic mass is 10.0. The lowest BCUT2D eigenvalue weighted by Crippen LogP contribution is -2.40. The number of rotatable bonds is 1. The number of piperidine rings is 1. The van der Waals surface area contributed by atoms with Crippen molar-refractivity contribution < 1.29 is 4.39 Å². The standard InChI is InChI=1S/C15H16ClFN4/c1-3-4-11-7-10-8-18-15(16)19-14(10)21(11)13-5-6-20(2)9-12(13)17/h7-8,12-13H,5-6,9H2,1-2H3/t12-,13+/m0/s1. The zero-order valence-electron chi connectivity index (χ0n) is 12.0. The largest absolute Gasteiger partial charge is 0.312 e. The zero-order valence-corrected chi connectivity index (χ0v) is 12.7. The summed E-state index contributed by atoms with van der Waals surface area (Å²) in [5.74, 6) is 5.91. The summed E-state index contributed by atoms with van der Waals surface area (Å²) in [5.41, 5.74) is 1.42. The molecule has 6 heteroatoms. The van der Waals surface area contributed by atoms with Crippen molar-refractivity contribution in [3.05, 3.63) is 23.2 Å². The molecular weight excluding hydrogens is 291 g/mol. The van der Waals surface area contributed by atoms with E-state index in [0.717, 1.165) is 24.0 Å². The van der Waals surface area contributed by atoms with Crippen molar-refractivity contribution in [1.29, 1.82) is 0 Å². The number of aromatic nitrogens is 3. The predicted molar refractivity (Wildman–Crippen MR) is 81.1 cm³/mol. The number of likely N-dealkylation sites (tertiary alicyclic amines) is 1. The third-order valence-corrected chi connectivity index (χ3v) is 4.02.